The number of likely N-dealkylation sites (tertiary alicyclic amines) is 1. The number of non-ortho nitro benzene ring substituents is 1. The van der Waals surface area contributed by atoms with Crippen LogP contribution in [0.25, 0.3) is 0 Å². The molecule has 5 heteroatoms. The van der Waals surface area contributed by atoms with Crippen molar-refractivity contribution in [3.63, 3.8) is 0 Å². The van der Waals surface area contributed by atoms with Crippen LogP contribution >= 0.6 is 0 Å². The molecule has 0 amide bonds. The second-order valence-corrected chi connectivity index (χ2v) is 4.67. The summed E-state index contributed by atoms with van der Waals surface area (Å²) >= 11 is 0. The van der Waals surface area contributed by atoms with Crippen molar-refractivity contribution in [1.82, 2.24) is 4.90 Å². The second-order valence-electron chi connectivity index (χ2n) is 4.67. The van der Waals surface area contributed by atoms with Crippen molar-refractivity contribution in [1.29, 1.82) is 0 Å². The van der Waals surface area contributed by atoms with Crippen LogP contribution in [-0.2, 0) is 11.3 Å². The molecule has 1 aliphatic heterocycles. The van der Waals surface area contributed by atoms with Crippen LogP contribution in [0.15, 0.2) is 24.3 Å². The van der Waals surface area contributed by atoms with Crippen molar-refractivity contribution in [3.05, 3.63) is 39.9 Å². The number of piperidine rings is 1. The first kappa shape index (κ1) is 12.7. The Balaban J connectivity index is 1.90. The number of carbonyl (C=O) groups excluding carboxylic acids is 1. The number of aldehydes is 1. The van der Waals surface area contributed by atoms with E-state index >= 15 is 0 Å². The molecule has 0 aromatic heterocycles. The molecule has 5 nitrogen and oxygen atoms in total. The van der Waals surface area contributed by atoms with Gasteiger partial charge in [0.05, 0.1) is 4.92 Å². The number of nitro groups is 1. The average molecular weight is 248 g/mol. The number of nitro benzene ring substituents is 1. The molecule has 0 saturated carbocycles. The van der Waals surface area contributed by atoms with Crippen LogP contribution in [0.5, 0.6) is 0 Å². The summed E-state index contributed by atoms with van der Waals surface area (Å²) in [4.78, 5) is 23.1. The van der Waals surface area contributed by atoms with E-state index < -0.39 is 0 Å². The predicted molar refractivity (Wildman–Crippen MR) is 67.2 cm³/mol. The zero-order valence-corrected chi connectivity index (χ0v) is 10.1. The lowest BCUT2D eigenvalue weighted by Crippen LogP contribution is -2.33. The third-order valence-electron chi connectivity index (χ3n) is 3.38. The molecule has 0 aliphatic carbocycles. The molecule has 1 aromatic rings. The van der Waals surface area contributed by atoms with Crippen LogP contribution in [0.4, 0.5) is 5.69 Å². The minimum absolute atomic E-state index is 0.124. The third kappa shape index (κ3) is 3.13. The Bertz CT molecular complexity index is 422. The van der Waals surface area contributed by atoms with E-state index in [0.717, 1.165) is 44.3 Å². The molecule has 0 N–H and O–H groups in total. The molecule has 96 valence electrons. The molecule has 0 unspecified atom stereocenters. The lowest BCUT2D eigenvalue weighted by molar-refractivity contribution is -0.384. The zero-order valence-electron chi connectivity index (χ0n) is 10.1. The van der Waals surface area contributed by atoms with Gasteiger partial charge in [0.15, 0.2) is 0 Å². The molecule has 2 rings (SSSR count). The van der Waals surface area contributed by atoms with Gasteiger partial charge in [0.1, 0.15) is 6.29 Å². The number of carbonyl (C=O) groups is 1. The van der Waals surface area contributed by atoms with Gasteiger partial charge in [-0.2, -0.15) is 0 Å². The van der Waals surface area contributed by atoms with Crippen molar-refractivity contribution in [2.75, 3.05) is 13.1 Å². The van der Waals surface area contributed by atoms with Gasteiger partial charge < -0.3 is 4.79 Å². The Morgan fingerprint density at radius 1 is 1.28 bits per heavy atom. The van der Waals surface area contributed by atoms with E-state index in [2.05, 4.69) is 4.90 Å². The highest BCUT2D eigenvalue weighted by Crippen LogP contribution is 2.18. The molecule has 0 spiro atoms. The molecule has 18 heavy (non-hydrogen) atoms. The first-order valence-electron chi connectivity index (χ1n) is 6.10. The van der Waals surface area contributed by atoms with Crippen LogP contribution in [0.2, 0.25) is 0 Å². The van der Waals surface area contributed by atoms with Crippen LogP contribution in [0.3, 0.4) is 0 Å². The molecule has 0 bridgehead atoms. The van der Waals surface area contributed by atoms with Crippen LogP contribution in [-0.4, -0.2) is 29.2 Å². The topological polar surface area (TPSA) is 63.5 Å². The van der Waals surface area contributed by atoms with Crippen LogP contribution in [0.1, 0.15) is 18.4 Å². The van der Waals surface area contributed by atoms with E-state index in [1.165, 1.54) is 12.1 Å². The maximum absolute atomic E-state index is 10.6. The Kier molecular flexibility index (Phi) is 4.04. The molecular formula is C13H16N2O3. The van der Waals surface area contributed by atoms with E-state index in [4.69, 9.17) is 0 Å². The normalized spacial score (nSPS) is 17.6. The summed E-state index contributed by atoms with van der Waals surface area (Å²) in [6, 6.07) is 6.66. The fourth-order valence-electron chi connectivity index (χ4n) is 2.23. The summed E-state index contributed by atoms with van der Waals surface area (Å²) in [5, 5.41) is 10.5. The minimum Gasteiger partial charge on any atom is -0.303 e. The number of hydrogen-bond donors (Lipinski definition) is 0. The van der Waals surface area contributed by atoms with Gasteiger partial charge in [-0.05, 0) is 31.5 Å². The number of nitrogens with zero attached hydrogens (tertiary/aromatic N) is 2. The van der Waals surface area contributed by atoms with Gasteiger partial charge in [0.2, 0.25) is 0 Å². The summed E-state index contributed by atoms with van der Waals surface area (Å²) in [6.45, 7) is 2.63. The Labute approximate surface area is 106 Å². The van der Waals surface area contributed by atoms with Crippen LogP contribution in [0, 0.1) is 16.0 Å². The quantitative estimate of drug-likeness (QED) is 0.464. The zero-order chi connectivity index (χ0) is 13.0. The van der Waals surface area contributed by atoms with Crippen molar-refractivity contribution in [2.24, 2.45) is 5.92 Å². The first-order valence-corrected chi connectivity index (χ1v) is 6.10. The average Bonchev–Trinajstić information content (AvgIpc) is 2.40. The van der Waals surface area contributed by atoms with Gasteiger partial charge in [-0.25, -0.2) is 0 Å². The summed E-state index contributed by atoms with van der Waals surface area (Å²) in [5.74, 6) is 0.207. The van der Waals surface area contributed by atoms with E-state index in [1.54, 1.807) is 12.1 Å². The number of benzene rings is 1. The standard InChI is InChI=1S/C13H16N2O3/c16-10-12-5-7-14(8-6-12)9-11-1-3-13(4-2-11)15(17)18/h1-4,10,12H,5-9H2. The summed E-state index contributed by atoms with van der Waals surface area (Å²) in [7, 11) is 0. The molecule has 1 saturated heterocycles. The van der Waals surface area contributed by atoms with Gasteiger partial charge in [0.25, 0.3) is 5.69 Å². The van der Waals surface area contributed by atoms with Gasteiger partial charge in [-0.15, -0.1) is 0 Å². The maximum atomic E-state index is 10.6. The number of rotatable bonds is 4. The van der Waals surface area contributed by atoms with E-state index in [0.29, 0.717) is 0 Å². The SMILES string of the molecule is O=CC1CCN(Cc2ccc([N+](=O)[O-])cc2)CC1. The molecule has 1 fully saturated rings. The molecule has 1 aliphatic rings. The molecule has 1 heterocycles. The largest absolute Gasteiger partial charge is 0.303 e. The highest BCUT2D eigenvalue weighted by molar-refractivity contribution is 5.53. The minimum atomic E-state index is -0.390. The summed E-state index contributed by atoms with van der Waals surface area (Å²) in [6.07, 6.45) is 2.87. The number of hydrogen-bond acceptors (Lipinski definition) is 4. The highest BCUT2D eigenvalue weighted by Gasteiger charge is 2.18. The van der Waals surface area contributed by atoms with E-state index in [1.807, 2.05) is 0 Å². The smallest absolute Gasteiger partial charge is 0.269 e. The van der Waals surface area contributed by atoms with Crippen molar-refractivity contribution in [3.8, 4) is 0 Å². The third-order valence-corrected chi connectivity index (χ3v) is 3.38. The molecule has 0 radical (unpaired) electrons. The van der Waals surface area contributed by atoms with E-state index in [-0.39, 0.29) is 16.5 Å². The lowest BCUT2D eigenvalue weighted by atomic mass is 9.98. The fourth-order valence-corrected chi connectivity index (χ4v) is 2.23. The van der Waals surface area contributed by atoms with Crippen molar-refractivity contribution < 1.29 is 9.72 Å². The van der Waals surface area contributed by atoms with Crippen LogP contribution < -0.4 is 0 Å². The summed E-state index contributed by atoms with van der Waals surface area (Å²) < 4.78 is 0. The van der Waals surface area contributed by atoms with Gasteiger partial charge in [-0.1, -0.05) is 12.1 Å². The Morgan fingerprint density at radius 2 is 1.89 bits per heavy atom. The second kappa shape index (κ2) is 5.73. The Morgan fingerprint density at radius 3 is 2.39 bits per heavy atom. The van der Waals surface area contributed by atoms with Crippen molar-refractivity contribution in [2.45, 2.75) is 19.4 Å². The maximum Gasteiger partial charge on any atom is 0.269 e. The summed E-state index contributed by atoms with van der Waals surface area (Å²) in [5.41, 5.74) is 1.20. The molecule has 0 atom stereocenters. The highest BCUT2D eigenvalue weighted by atomic mass is 16.6. The fraction of sp³-hybridized carbons (Fsp3) is 0.462. The lowest BCUT2D eigenvalue weighted by Gasteiger charge is -2.29. The first-order chi connectivity index (χ1) is 8.69. The molecular weight excluding hydrogens is 232 g/mol. The van der Waals surface area contributed by atoms with E-state index in [9.17, 15) is 14.9 Å². The predicted octanol–water partition coefficient (Wildman–Crippen LogP) is 2.01. The molecule has 1 aromatic carbocycles. The Hall–Kier alpha value is -1.75. The van der Waals surface area contributed by atoms with Crippen molar-refractivity contribution >= 4 is 12.0 Å². The van der Waals surface area contributed by atoms with Gasteiger partial charge in [-0.3, -0.25) is 15.0 Å². The van der Waals surface area contributed by atoms with Gasteiger partial charge >= 0.3 is 0 Å². The van der Waals surface area contributed by atoms with Gasteiger partial charge in [0, 0.05) is 24.6 Å². The monoisotopic (exact) mass is 248 g/mol.